The molecule has 30 heavy (non-hydrogen) atoms. The van der Waals surface area contributed by atoms with E-state index in [2.05, 4.69) is 5.32 Å². The monoisotopic (exact) mass is 400 g/mol. The number of hydrogen-bond acceptors (Lipinski definition) is 3. The van der Waals surface area contributed by atoms with Gasteiger partial charge in [0, 0.05) is 30.6 Å². The Labute approximate surface area is 176 Å². The summed E-state index contributed by atoms with van der Waals surface area (Å²) in [6.07, 6.45) is 1.77. The first-order chi connectivity index (χ1) is 14.7. The van der Waals surface area contributed by atoms with E-state index < -0.39 is 0 Å². The fraction of sp³-hybridized carbons (Fsp3) is 0.200. The van der Waals surface area contributed by atoms with Gasteiger partial charge in [0.05, 0.1) is 0 Å². The molecule has 2 amide bonds. The number of aryl methyl sites for hydroxylation is 1. The van der Waals surface area contributed by atoms with Crippen molar-refractivity contribution in [1.82, 2.24) is 0 Å². The minimum absolute atomic E-state index is 0.0475. The number of rotatable bonds is 5. The van der Waals surface area contributed by atoms with Crippen molar-refractivity contribution in [2.24, 2.45) is 0 Å². The molecule has 1 aliphatic heterocycles. The standard InChI is InChI=1S/C25H24N2O3/c1-30-17-24(28)27-15-5-8-21-16-22(13-14-23(21)27)26-25(29)20-11-9-19(10-12-20)18-6-3-2-4-7-18/h2-4,6-7,9-14,16H,5,8,15,17H2,1H3,(H,26,29). The van der Waals surface area contributed by atoms with Crippen molar-refractivity contribution < 1.29 is 14.3 Å². The lowest BCUT2D eigenvalue weighted by Gasteiger charge is -2.29. The van der Waals surface area contributed by atoms with Gasteiger partial charge in [-0.25, -0.2) is 0 Å². The minimum Gasteiger partial charge on any atom is -0.375 e. The molecule has 0 saturated heterocycles. The maximum atomic E-state index is 12.7. The van der Waals surface area contributed by atoms with Crippen LogP contribution in [0.4, 0.5) is 11.4 Å². The number of nitrogens with zero attached hydrogens (tertiary/aromatic N) is 1. The molecule has 0 aliphatic carbocycles. The van der Waals surface area contributed by atoms with Crippen LogP contribution in [0.15, 0.2) is 72.8 Å². The molecule has 0 saturated carbocycles. The van der Waals surface area contributed by atoms with Crippen LogP contribution in [0.2, 0.25) is 0 Å². The van der Waals surface area contributed by atoms with Crippen LogP contribution in [0, 0.1) is 0 Å². The Balaban J connectivity index is 1.48. The highest BCUT2D eigenvalue weighted by Crippen LogP contribution is 2.30. The quantitative estimate of drug-likeness (QED) is 0.684. The van der Waals surface area contributed by atoms with E-state index in [0.29, 0.717) is 12.1 Å². The fourth-order valence-corrected chi connectivity index (χ4v) is 3.78. The zero-order valence-electron chi connectivity index (χ0n) is 16.9. The van der Waals surface area contributed by atoms with E-state index in [1.54, 1.807) is 4.90 Å². The van der Waals surface area contributed by atoms with E-state index in [4.69, 9.17) is 4.74 Å². The summed E-state index contributed by atoms with van der Waals surface area (Å²) in [6.45, 7) is 0.756. The number of amides is 2. The van der Waals surface area contributed by atoms with E-state index in [-0.39, 0.29) is 18.4 Å². The highest BCUT2D eigenvalue weighted by atomic mass is 16.5. The normalized spacial score (nSPS) is 12.9. The van der Waals surface area contributed by atoms with Gasteiger partial charge in [0.1, 0.15) is 6.61 Å². The Morgan fingerprint density at radius 1 is 0.967 bits per heavy atom. The molecule has 5 heteroatoms. The third-order valence-corrected chi connectivity index (χ3v) is 5.28. The van der Waals surface area contributed by atoms with Crippen molar-refractivity contribution in [2.75, 3.05) is 30.5 Å². The first-order valence-corrected chi connectivity index (χ1v) is 10.0. The van der Waals surface area contributed by atoms with E-state index >= 15 is 0 Å². The van der Waals surface area contributed by atoms with Crippen LogP contribution >= 0.6 is 0 Å². The molecule has 1 aliphatic rings. The molecule has 0 unspecified atom stereocenters. The summed E-state index contributed by atoms with van der Waals surface area (Å²) in [4.78, 5) is 26.7. The highest BCUT2D eigenvalue weighted by Gasteiger charge is 2.22. The molecule has 1 N–H and O–H groups in total. The molecule has 3 aromatic rings. The average molecular weight is 400 g/mol. The van der Waals surface area contributed by atoms with Crippen molar-refractivity contribution in [2.45, 2.75) is 12.8 Å². The van der Waals surface area contributed by atoms with Gasteiger partial charge in [0.15, 0.2) is 0 Å². The maximum absolute atomic E-state index is 12.7. The van der Waals surface area contributed by atoms with E-state index in [1.165, 1.54) is 7.11 Å². The summed E-state index contributed by atoms with van der Waals surface area (Å²) < 4.78 is 4.99. The lowest BCUT2D eigenvalue weighted by atomic mass is 10.0. The summed E-state index contributed by atoms with van der Waals surface area (Å²) in [7, 11) is 1.52. The maximum Gasteiger partial charge on any atom is 0.255 e. The molecule has 0 bridgehead atoms. The third-order valence-electron chi connectivity index (χ3n) is 5.28. The van der Waals surface area contributed by atoms with Crippen LogP contribution in [0.25, 0.3) is 11.1 Å². The van der Waals surface area contributed by atoms with Crippen LogP contribution in [-0.2, 0) is 16.0 Å². The van der Waals surface area contributed by atoms with Crippen molar-refractivity contribution in [3.8, 4) is 11.1 Å². The van der Waals surface area contributed by atoms with Gasteiger partial charge in [-0.2, -0.15) is 0 Å². The van der Waals surface area contributed by atoms with Gasteiger partial charge >= 0.3 is 0 Å². The predicted molar refractivity (Wildman–Crippen MR) is 119 cm³/mol. The minimum atomic E-state index is -0.155. The number of ether oxygens (including phenoxy) is 1. The van der Waals surface area contributed by atoms with Crippen LogP contribution in [0.1, 0.15) is 22.3 Å². The Morgan fingerprint density at radius 3 is 2.43 bits per heavy atom. The number of nitrogens with one attached hydrogen (secondary N) is 1. The second kappa shape index (κ2) is 8.93. The number of carbonyl (C=O) groups is 2. The summed E-state index contributed by atoms with van der Waals surface area (Å²) in [6, 6.07) is 23.3. The zero-order valence-corrected chi connectivity index (χ0v) is 16.9. The van der Waals surface area contributed by atoms with Gasteiger partial charge in [0.25, 0.3) is 11.8 Å². The van der Waals surface area contributed by atoms with E-state index in [0.717, 1.165) is 40.9 Å². The first kappa shape index (κ1) is 19.9. The molecular weight excluding hydrogens is 376 g/mol. The molecule has 0 fully saturated rings. The smallest absolute Gasteiger partial charge is 0.255 e. The topological polar surface area (TPSA) is 58.6 Å². The summed E-state index contributed by atoms with van der Waals surface area (Å²) >= 11 is 0. The average Bonchev–Trinajstić information content (AvgIpc) is 2.79. The third kappa shape index (κ3) is 4.26. The number of methoxy groups -OCH3 is 1. The van der Waals surface area contributed by atoms with Crippen molar-refractivity contribution in [3.63, 3.8) is 0 Å². The van der Waals surface area contributed by atoms with Gasteiger partial charge in [-0.05, 0) is 59.9 Å². The lowest BCUT2D eigenvalue weighted by molar-refractivity contribution is -0.122. The molecule has 1 heterocycles. The number of hydrogen-bond donors (Lipinski definition) is 1. The SMILES string of the molecule is COCC(=O)N1CCCc2cc(NC(=O)c3ccc(-c4ccccc4)cc3)ccc21. The van der Waals surface area contributed by atoms with Crippen molar-refractivity contribution in [3.05, 3.63) is 83.9 Å². The molecule has 0 aromatic heterocycles. The van der Waals surface area contributed by atoms with E-state index in [1.807, 2.05) is 72.8 Å². The van der Waals surface area contributed by atoms with E-state index in [9.17, 15) is 9.59 Å². The fourth-order valence-electron chi connectivity index (χ4n) is 3.78. The number of fused-ring (bicyclic) bond motifs is 1. The Morgan fingerprint density at radius 2 is 1.70 bits per heavy atom. The second-order valence-corrected chi connectivity index (χ2v) is 7.32. The first-order valence-electron chi connectivity index (χ1n) is 10.0. The zero-order chi connectivity index (χ0) is 20.9. The van der Waals surface area contributed by atoms with Gasteiger partial charge in [-0.3, -0.25) is 9.59 Å². The number of anilines is 2. The molecule has 4 rings (SSSR count). The van der Waals surface area contributed by atoms with Gasteiger partial charge in [0.2, 0.25) is 0 Å². The molecule has 0 radical (unpaired) electrons. The van der Waals surface area contributed by atoms with Crippen molar-refractivity contribution >= 4 is 23.2 Å². The van der Waals surface area contributed by atoms with Crippen molar-refractivity contribution in [1.29, 1.82) is 0 Å². The number of benzene rings is 3. The second-order valence-electron chi connectivity index (χ2n) is 7.32. The molecule has 5 nitrogen and oxygen atoms in total. The highest BCUT2D eigenvalue weighted by molar-refractivity contribution is 6.05. The summed E-state index contributed by atoms with van der Waals surface area (Å²) in [5, 5.41) is 2.97. The molecule has 152 valence electrons. The Bertz CT molecular complexity index is 1050. The van der Waals surface area contributed by atoms with Gasteiger partial charge in [-0.1, -0.05) is 42.5 Å². The molecular formula is C25H24N2O3. The summed E-state index contributed by atoms with van der Waals surface area (Å²) in [5.74, 6) is -0.202. The number of carbonyl (C=O) groups excluding carboxylic acids is 2. The van der Waals surface area contributed by atoms with Crippen LogP contribution in [-0.4, -0.2) is 32.1 Å². The van der Waals surface area contributed by atoms with Crippen LogP contribution in [0.3, 0.4) is 0 Å². The summed E-state index contributed by atoms with van der Waals surface area (Å²) in [5.41, 5.74) is 5.47. The molecule has 0 spiro atoms. The van der Waals surface area contributed by atoms with Gasteiger partial charge < -0.3 is 15.0 Å². The largest absolute Gasteiger partial charge is 0.375 e. The van der Waals surface area contributed by atoms with Crippen LogP contribution < -0.4 is 10.2 Å². The Kier molecular flexibility index (Phi) is 5.91. The molecule has 0 atom stereocenters. The van der Waals surface area contributed by atoms with Gasteiger partial charge in [-0.15, -0.1) is 0 Å². The lowest BCUT2D eigenvalue weighted by Crippen LogP contribution is -2.37. The van der Waals surface area contributed by atoms with Crippen LogP contribution in [0.5, 0.6) is 0 Å². The predicted octanol–water partition coefficient (Wildman–Crippen LogP) is 4.53. The Hall–Kier alpha value is -3.44. The molecule has 3 aromatic carbocycles.